The van der Waals surface area contributed by atoms with E-state index in [1.165, 1.54) is 0 Å². The maximum atomic E-state index is 11.5. The summed E-state index contributed by atoms with van der Waals surface area (Å²) in [5.41, 5.74) is 0. The quantitative estimate of drug-likeness (QED) is 0.851. The highest BCUT2D eigenvalue weighted by Crippen LogP contribution is 2.10. The molecule has 98 valence electrons. The molecule has 2 rings (SSSR count). The lowest BCUT2D eigenvalue weighted by Gasteiger charge is -2.08. The van der Waals surface area contributed by atoms with Crippen molar-refractivity contribution in [3.63, 3.8) is 0 Å². The van der Waals surface area contributed by atoms with E-state index in [0.717, 1.165) is 4.47 Å². The second-order valence-corrected chi connectivity index (χ2v) is 4.51. The van der Waals surface area contributed by atoms with Gasteiger partial charge in [0.15, 0.2) is 6.73 Å². The first-order valence-electron chi connectivity index (χ1n) is 5.58. The number of anilines is 1. The number of carbonyl (C=O) groups is 1. The molecule has 0 fully saturated rings. The van der Waals surface area contributed by atoms with Crippen LogP contribution in [0, 0.1) is 0 Å². The normalized spacial score (nSPS) is 9.74. The van der Waals surface area contributed by atoms with Crippen LogP contribution in [0.2, 0.25) is 0 Å². The Labute approximate surface area is 119 Å². The molecule has 19 heavy (non-hydrogen) atoms. The number of amides is 2. The minimum absolute atomic E-state index is 0.0897. The van der Waals surface area contributed by atoms with Crippen molar-refractivity contribution in [1.82, 2.24) is 10.3 Å². The summed E-state index contributed by atoms with van der Waals surface area (Å²) in [7, 11) is 0. The molecular weight excluding hydrogens is 310 g/mol. The molecule has 6 heteroatoms. The number of carbonyl (C=O) groups excluding carboxylic acids is 1. The zero-order valence-corrected chi connectivity index (χ0v) is 11.6. The van der Waals surface area contributed by atoms with Crippen LogP contribution in [-0.2, 0) is 0 Å². The third-order valence-corrected chi connectivity index (χ3v) is 2.65. The van der Waals surface area contributed by atoms with Gasteiger partial charge in [-0.15, -0.1) is 0 Å². The summed E-state index contributed by atoms with van der Waals surface area (Å²) in [5.74, 6) is 1.17. The molecule has 1 aromatic heterocycles. The molecule has 1 heterocycles. The maximum Gasteiger partial charge on any atom is 0.323 e. The molecule has 0 saturated carbocycles. The molecule has 0 bridgehead atoms. The van der Waals surface area contributed by atoms with Crippen LogP contribution in [0.4, 0.5) is 10.6 Å². The number of urea groups is 1. The lowest BCUT2D eigenvalue weighted by atomic mass is 10.3. The summed E-state index contributed by atoms with van der Waals surface area (Å²) in [5, 5.41) is 5.16. The third kappa shape index (κ3) is 4.59. The average molecular weight is 322 g/mol. The zero-order valence-electron chi connectivity index (χ0n) is 9.97. The largest absolute Gasteiger partial charge is 0.473 e. The molecule has 0 aliphatic carbocycles. The van der Waals surface area contributed by atoms with Gasteiger partial charge in [-0.25, -0.2) is 9.78 Å². The minimum Gasteiger partial charge on any atom is -0.473 e. The summed E-state index contributed by atoms with van der Waals surface area (Å²) in [4.78, 5) is 15.6. The number of pyridine rings is 1. The highest BCUT2D eigenvalue weighted by molar-refractivity contribution is 9.10. The predicted octanol–water partition coefficient (Wildman–Crippen LogP) is 3.00. The van der Waals surface area contributed by atoms with E-state index < -0.39 is 0 Å². The van der Waals surface area contributed by atoms with E-state index in [-0.39, 0.29) is 12.8 Å². The molecule has 0 unspecified atom stereocenters. The van der Waals surface area contributed by atoms with E-state index in [2.05, 4.69) is 31.5 Å². The summed E-state index contributed by atoms with van der Waals surface area (Å²) in [6.07, 6.45) is 1.61. The second kappa shape index (κ2) is 6.75. The number of hydrogen-bond donors (Lipinski definition) is 2. The average Bonchev–Trinajstić information content (AvgIpc) is 2.43. The van der Waals surface area contributed by atoms with Crippen LogP contribution in [0.1, 0.15) is 0 Å². The third-order valence-electron chi connectivity index (χ3n) is 2.18. The van der Waals surface area contributed by atoms with Crippen molar-refractivity contribution in [2.24, 2.45) is 0 Å². The number of hydrogen-bond acceptors (Lipinski definition) is 3. The predicted molar refractivity (Wildman–Crippen MR) is 76.0 cm³/mol. The molecule has 2 aromatic rings. The number of nitrogens with zero attached hydrogens (tertiary/aromatic N) is 1. The molecule has 0 radical (unpaired) electrons. The number of halogens is 1. The number of benzene rings is 1. The molecule has 0 spiro atoms. The van der Waals surface area contributed by atoms with E-state index in [1.54, 1.807) is 18.3 Å². The second-order valence-electron chi connectivity index (χ2n) is 3.59. The van der Waals surface area contributed by atoms with Gasteiger partial charge in [-0.3, -0.25) is 5.32 Å². The fraction of sp³-hybridized carbons (Fsp3) is 0.0769. The molecule has 0 aliphatic rings. The molecule has 2 N–H and O–H groups in total. The van der Waals surface area contributed by atoms with Crippen molar-refractivity contribution >= 4 is 27.8 Å². The van der Waals surface area contributed by atoms with Crippen LogP contribution in [0.25, 0.3) is 0 Å². The van der Waals surface area contributed by atoms with Crippen LogP contribution in [0.5, 0.6) is 5.75 Å². The SMILES string of the molecule is O=C(NCOc1ccccc1)Nc1ccc(Br)cn1. The van der Waals surface area contributed by atoms with Crippen LogP contribution in [-0.4, -0.2) is 17.7 Å². The number of nitrogens with one attached hydrogen (secondary N) is 2. The fourth-order valence-electron chi connectivity index (χ4n) is 1.31. The summed E-state index contributed by atoms with van der Waals surface area (Å²) in [6.45, 7) is 0.0897. The lowest BCUT2D eigenvalue weighted by Crippen LogP contribution is -2.32. The summed E-state index contributed by atoms with van der Waals surface area (Å²) < 4.78 is 6.19. The topological polar surface area (TPSA) is 63.2 Å². The number of para-hydroxylation sites is 1. The van der Waals surface area contributed by atoms with E-state index >= 15 is 0 Å². The lowest BCUT2D eigenvalue weighted by molar-refractivity contribution is 0.234. The van der Waals surface area contributed by atoms with Gasteiger partial charge in [0.25, 0.3) is 0 Å². The Morgan fingerprint density at radius 3 is 2.68 bits per heavy atom. The first-order valence-corrected chi connectivity index (χ1v) is 6.37. The Kier molecular flexibility index (Phi) is 4.74. The van der Waals surface area contributed by atoms with Crippen LogP contribution in [0.15, 0.2) is 53.1 Å². The standard InChI is InChI=1S/C13H12BrN3O2/c14-10-6-7-12(15-8-10)17-13(18)16-9-19-11-4-2-1-3-5-11/h1-8H,9H2,(H2,15,16,17,18). The molecule has 5 nitrogen and oxygen atoms in total. The Balaban J connectivity index is 1.74. The van der Waals surface area contributed by atoms with Gasteiger partial charge in [0, 0.05) is 10.7 Å². The maximum absolute atomic E-state index is 11.5. The molecular formula is C13H12BrN3O2. The summed E-state index contributed by atoms with van der Waals surface area (Å²) >= 11 is 3.27. The Morgan fingerprint density at radius 2 is 2.00 bits per heavy atom. The van der Waals surface area contributed by atoms with Gasteiger partial charge in [0.2, 0.25) is 0 Å². The van der Waals surface area contributed by atoms with Gasteiger partial charge in [0.1, 0.15) is 11.6 Å². The van der Waals surface area contributed by atoms with E-state index in [1.807, 2.05) is 30.3 Å². The monoisotopic (exact) mass is 321 g/mol. The van der Waals surface area contributed by atoms with Gasteiger partial charge in [-0.2, -0.15) is 0 Å². The van der Waals surface area contributed by atoms with E-state index in [9.17, 15) is 4.79 Å². The van der Waals surface area contributed by atoms with Crippen molar-refractivity contribution in [3.05, 3.63) is 53.1 Å². The first-order chi connectivity index (χ1) is 9.24. The minimum atomic E-state index is -0.370. The van der Waals surface area contributed by atoms with Crippen LogP contribution < -0.4 is 15.4 Å². The van der Waals surface area contributed by atoms with Gasteiger partial charge in [-0.1, -0.05) is 18.2 Å². The van der Waals surface area contributed by atoms with Gasteiger partial charge >= 0.3 is 6.03 Å². The summed E-state index contributed by atoms with van der Waals surface area (Å²) in [6, 6.07) is 12.4. The highest BCUT2D eigenvalue weighted by Gasteiger charge is 2.01. The van der Waals surface area contributed by atoms with Crippen molar-refractivity contribution in [2.75, 3.05) is 12.0 Å². The zero-order chi connectivity index (χ0) is 13.5. The number of ether oxygens (including phenoxy) is 1. The van der Waals surface area contributed by atoms with E-state index in [4.69, 9.17) is 4.74 Å². The molecule has 0 aliphatic heterocycles. The molecule has 2 amide bonds. The fourth-order valence-corrected chi connectivity index (χ4v) is 1.55. The van der Waals surface area contributed by atoms with Crippen molar-refractivity contribution in [3.8, 4) is 5.75 Å². The Hall–Kier alpha value is -2.08. The van der Waals surface area contributed by atoms with Crippen molar-refractivity contribution in [1.29, 1.82) is 0 Å². The van der Waals surface area contributed by atoms with Crippen molar-refractivity contribution in [2.45, 2.75) is 0 Å². The highest BCUT2D eigenvalue weighted by atomic mass is 79.9. The van der Waals surface area contributed by atoms with Crippen LogP contribution in [0.3, 0.4) is 0 Å². The van der Waals surface area contributed by atoms with Crippen molar-refractivity contribution < 1.29 is 9.53 Å². The Bertz CT molecular complexity index is 531. The van der Waals surface area contributed by atoms with Gasteiger partial charge in [-0.05, 0) is 40.2 Å². The Morgan fingerprint density at radius 1 is 1.21 bits per heavy atom. The van der Waals surface area contributed by atoms with Gasteiger partial charge in [0.05, 0.1) is 0 Å². The van der Waals surface area contributed by atoms with E-state index in [0.29, 0.717) is 11.6 Å². The molecule has 0 atom stereocenters. The van der Waals surface area contributed by atoms with Crippen LogP contribution >= 0.6 is 15.9 Å². The number of rotatable bonds is 4. The van der Waals surface area contributed by atoms with Gasteiger partial charge < -0.3 is 10.1 Å². The first kappa shape index (κ1) is 13.4. The molecule has 0 saturated heterocycles. The molecule has 1 aromatic carbocycles. The smallest absolute Gasteiger partial charge is 0.323 e. The number of aromatic nitrogens is 1.